The Balaban J connectivity index is 1.67. The standard InChI is InChI=1S/C22H28N2O5/c1-3-14(2)19(24-20(26)16-11-7-8-12-17(16)21(24)27)22(28)29-13-18(25)23-15-9-5-4-6-10-15/h7-8,11-12,14-15,19H,3-6,9-10,13H2,1-2H3,(H,23,25)/t14-,19-/m0/s1. The largest absolute Gasteiger partial charge is 0.454 e. The van der Waals surface area contributed by atoms with Crippen LogP contribution in [0.15, 0.2) is 24.3 Å². The first-order chi connectivity index (χ1) is 13.9. The predicted octanol–water partition coefficient (Wildman–Crippen LogP) is 2.69. The zero-order valence-electron chi connectivity index (χ0n) is 17.0. The van der Waals surface area contributed by atoms with Crippen molar-refractivity contribution in [1.29, 1.82) is 0 Å². The van der Waals surface area contributed by atoms with Gasteiger partial charge in [0.05, 0.1) is 11.1 Å². The fourth-order valence-corrected chi connectivity index (χ4v) is 4.01. The summed E-state index contributed by atoms with van der Waals surface area (Å²) in [6.07, 6.45) is 5.79. The molecule has 1 N–H and O–H groups in total. The number of carbonyl (C=O) groups is 4. The summed E-state index contributed by atoms with van der Waals surface area (Å²) in [6, 6.07) is 5.57. The molecule has 1 aliphatic carbocycles. The molecule has 0 saturated heterocycles. The monoisotopic (exact) mass is 400 g/mol. The molecule has 7 nitrogen and oxygen atoms in total. The zero-order chi connectivity index (χ0) is 21.0. The number of carbonyl (C=O) groups excluding carboxylic acids is 4. The lowest BCUT2D eigenvalue weighted by molar-refractivity contribution is -0.154. The topological polar surface area (TPSA) is 92.8 Å². The molecule has 29 heavy (non-hydrogen) atoms. The van der Waals surface area contributed by atoms with Crippen LogP contribution >= 0.6 is 0 Å². The molecule has 1 aromatic rings. The van der Waals surface area contributed by atoms with Crippen LogP contribution in [0.5, 0.6) is 0 Å². The van der Waals surface area contributed by atoms with Gasteiger partial charge < -0.3 is 10.1 Å². The quantitative estimate of drug-likeness (QED) is 0.561. The van der Waals surface area contributed by atoms with Crippen LogP contribution in [-0.2, 0) is 14.3 Å². The Morgan fingerprint density at radius 1 is 1.10 bits per heavy atom. The zero-order valence-corrected chi connectivity index (χ0v) is 17.0. The number of amides is 3. The predicted molar refractivity (Wildman–Crippen MR) is 106 cm³/mol. The van der Waals surface area contributed by atoms with Gasteiger partial charge in [0.1, 0.15) is 6.04 Å². The highest BCUT2D eigenvalue weighted by atomic mass is 16.5. The van der Waals surface area contributed by atoms with Crippen molar-refractivity contribution in [2.24, 2.45) is 5.92 Å². The molecule has 1 heterocycles. The number of nitrogens with one attached hydrogen (secondary N) is 1. The number of hydrogen-bond acceptors (Lipinski definition) is 5. The first kappa shape index (κ1) is 21.0. The Labute approximate surface area is 170 Å². The van der Waals surface area contributed by atoms with Crippen LogP contribution in [0.1, 0.15) is 73.1 Å². The van der Waals surface area contributed by atoms with Crippen LogP contribution in [0.3, 0.4) is 0 Å². The molecule has 0 bridgehead atoms. The SMILES string of the molecule is CC[C@H](C)[C@@H](C(=O)OCC(=O)NC1CCCCC1)N1C(=O)c2ccccc2C1=O. The van der Waals surface area contributed by atoms with Gasteiger partial charge in [-0.15, -0.1) is 0 Å². The molecule has 2 atom stereocenters. The van der Waals surface area contributed by atoms with E-state index in [9.17, 15) is 19.2 Å². The van der Waals surface area contributed by atoms with Gasteiger partial charge in [-0.05, 0) is 30.9 Å². The van der Waals surface area contributed by atoms with E-state index in [0.29, 0.717) is 6.42 Å². The Morgan fingerprint density at radius 3 is 2.24 bits per heavy atom. The number of rotatable bonds is 7. The van der Waals surface area contributed by atoms with Crippen molar-refractivity contribution in [2.75, 3.05) is 6.61 Å². The minimum Gasteiger partial charge on any atom is -0.454 e. The molecular weight excluding hydrogens is 372 g/mol. The molecule has 1 aliphatic heterocycles. The van der Waals surface area contributed by atoms with Gasteiger partial charge in [-0.25, -0.2) is 4.79 Å². The first-order valence-corrected chi connectivity index (χ1v) is 10.4. The summed E-state index contributed by atoms with van der Waals surface area (Å²) in [5.74, 6) is -2.38. The summed E-state index contributed by atoms with van der Waals surface area (Å²) < 4.78 is 5.24. The highest BCUT2D eigenvalue weighted by molar-refractivity contribution is 6.22. The summed E-state index contributed by atoms with van der Waals surface area (Å²) in [5, 5.41) is 2.89. The maximum atomic E-state index is 12.8. The molecule has 3 rings (SSSR count). The number of esters is 1. The Morgan fingerprint density at radius 2 is 1.69 bits per heavy atom. The molecule has 0 spiro atoms. The molecule has 0 radical (unpaired) electrons. The van der Waals surface area contributed by atoms with Gasteiger partial charge in [0, 0.05) is 6.04 Å². The van der Waals surface area contributed by atoms with Crippen LogP contribution in [0.2, 0.25) is 0 Å². The number of hydrogen-bond donors (Lipinski definition) is 1. The lowest BCUT2D eigenvalue weighted by Gasteiger charge is -2.29. The van der Waals surface area contributed by atoms with E-state index in [-0.39, 0.29) is 29.0 Å². The lowest BCUT2D eigenvalue weighted by atomic mass is 9.95. The van der Waals surface area contributed by atoms with Crippen LogP contribution in [0.4, 0.5) is 0 Å². The van der Waals surface area contributed by atoms with Gasteiger partial charge in [0.15, 0.2) is 6.61 Å². The third-order valence-corrected chi connectivity index (χ3v) is 5.84. The summed E-state index contributed by atoms with van der Waals surface area (Å²) in [6.45, 7) is 3.25. The van der Waals surface area contributed by atoms with Crippen LogP contribution < -0.4 is 5.32 Å². The van der Waals surface area contributed by atoms with Crippen LogP contribution in [0.25, 0.3) is 0 Å². The van der Waals surface area contributed by atoms with Gasteiger partial charge in [-0.3, -0.25) is 19.3 Å². The van der Waals surface area contributed by atoms with Crippen molar-refractivity contribution in [3.63, 3.8) is 0 Å². The highest BCUT2D eigenvalue weighted by Crippen LogP contribution is 2.28. The normalized spacial score (nSPS) is 18.9. The van der Waals surface area contributed by atoms with Crippen LogP contribution in [0, 0.1) is 5.92 Å². The third-order valence-electron chi connectivity index (χ3n) is 5.84. The molecular formula is C22H28N2O5. The van der Waals surface area contributed by atoms with Crippen molar-refractivity contribution in [3.05, 3.63) is 35.4 Å². The molecule has 156 valence electrons. The molecule has 3 amide bonds. The third kappa shape index (κ3) is 4.49. The van der Waals surface area contributed by atoms with Crippen LogP contribution in [-0.4, -0.2) is 47.3 Å². The maximum Gasteiger partial charge on any atom is 0.330 e. The molecule has 0 aromatic heterocycles. The van der Waals surface area contributed by atoms with Gasteiger partial charge >= 0.3 is 5.97 Å². The number of nitrogens with zero attached hydrogens (tertiary/aromatic N) is 1. The fraction of sp³-hybridized carbons (Fsp3) is 0.545. The second-order valence-electron chi connectivity index (χ2n) is 7.87. The maximum absolute atomic E-state index is 12.8. The number of imide groups is 1. The molecule has 7 heteroatoms. The second kappa shape index (κ2) is 9.20. The summed E-state index contributed by atoms with van der Waals surface area (Å²) in [4.78, 5) is 51.6. The molecule has 1 fully saturated rings. The van der Waals surface area contributed by atoms with E-state index in [1.54, 1.807) is 31.2 Å². The average Bonchev–Trinajstić information content (AvgIpc) is 2.98. The molecule has 2 aliphatic rings. The average molecular weight is 400 g/mol. The summed E-state index contributed by atoms with van der Waals surface area (Å²) in [5.41, 5.74) is 0.572. The summed E-state index contributed by atoms with van der Waals surface area (Å²) in [7, 11) is 0. The van der Waals surface area contributed by atoms with Gasteiger partial charge in [-0.2, -0.15) is 0 Å². The van der Waals surface area contributed by atoms with E-state index < -0.39 is 30.4 Å². The van der Waals surface area contributed by atoms with Crippen molar-refractivity contribution in [3.8, 4) is 0 Å². The van der Waals surface area contributed by atoms with Crippen molar-refractivity contribution in [1.82, 2.24) is 10.2 Å². The lowest BCUT2D eigenvalue weighted by Crippen LogP contribution is -2.50. The van der Waals surface area contributed by atoms with Gasteiger partial charge in [-0.1, -0.05) is 51.7 Å². The number of fused-ring (bicyclic) bond motifs is 1. The van der Waals surface area contributed by atoms with E-state index in [0.717, 1.165) is 30.6 Å². The molecule has 1 aromatic carbocycles. The smallest absolute Gasteiger partial charge is 0.330 e. The van der Waals surface area contributed by atoms with Gasteiger partial charge in [0.25, 0.3) is 17.7 Å². The van der Waals surface area contributed by atoms with Gasteiger partial charge in [0.2, 0.25) is 0 Å². The first-order valence-electron chi connectivity index (χ1n) is 10.4. The molecule has 0 unspecified atom stereocenters. The van der Waals surface area contributed by atoms with Crippen molar-refractivity contribution < 1.29 is 23.9 Å². The number of benzene rings is 1. The van der Waals surface area contributed by atoms with E-state index in [4.69, 9.17) is 4.74 Å². The Hall–Kier alpha value is -2.70. The van der Waals surface area contributed by atoms with E-state index >= 15 is 0 Å². The molecule has 1 saturated carbocycles. The summed E-state index contributed by atoms with van der Waals surface area (Å²) >= 11 is 0. The second-order valence-corrected chi connectivity index (χ2v) is 7.87. The minimum atomic E-state index is -1.06. The Kier molecular flexibility index (Phi) is 6.67. The number of ether oxygens (including phenoxy) is 1. The highest BCUT2D eigenvalue weighted by Gasteiger charge is 2.45. The van der Waals surface area contributed by atoms with E-state index in [1.807, 2.05) is 6.92 Å². The van der Waals surface area contributed by atoms with Crippen molar-refractivity contribution >= 4 is 23.7 Å². The minimum absolute atomic E-state index is 0.122. The van der Waals surface area contributed by atoms with E-state index in [1.165, 1.54) is 6.42 Å². The van der Waals surface area contributed by atoms with Crippen molar-refractivity contribution in [2.45, 2.75) is 64.5 Å². The van der Waals surface area contributed by atoms with E-state index in [2.05, 4.69) is 5.32 Å². The fourth-order valence-electron chi connectivity index (χ4n) is 4.01. The Bertz CT molecular complexity index is 765.